The van der Waals surface area contributed by atoms with Gasteiger partial charge in [0.15, 0.2) is 0 Å². The van der Waals surface area contributed by atoms with Gasteiger partial charge in [-0.15, -0.1) is 0 Å². The Hall–Kier alpha value is -0.680. The molecule has 0 aliphatic heterocycles. The molecule has 0 spiro atoms. The van der Waals surface area contributed by atoms with Gasteiger partial charge in [-0.25, -0.2) is 0 Å². The van der Waals surface area contributed by atoms with E-state index in [4.69, 9.17) is 5.73 Å². The van der Waals surface area contributed by atoms with Crippen LogP contribution in [0.25, 0.3) is 0 Å². The van der Waals surface area contributed by atoms with Gasteiger partial charge in [-0.1, -0.05) is 19.3 Å². The molecule has 4 nitrogen and oxygen atoms in total. The average Bonchev–Trinajstić information content (AvgIpc) is 2.77. The Morgan fingerprint density at radius 1 is 1.50 bits per heavy atom. The lowest BCUT2D eigenvalue weighted by atomic mass is 9.96. The molecule has 1 aromatic rings. The Kier molecular flexibility index (Phi) is 4.95. The van der Waals surface area contributed by atoms with Crippen molar-refractivity contribution in [2.24, 2.45) is 5.73 Å². The predicted octanol–water partition coefficient (Wildman–Crippen LogP) is 1.98. The molecule has 18 heavy (non-hydrogen) atoms. The number of hydrogen-bond donors (Lipinski definition) is 1. The zero-order valence-electron chi connectivity index (χ0n) is 11.0. The van der Waals surface area contributed by atoms with Gasteiger partial charge >= 0.3 is 0 Å². The van der Waals surface area contributed by atoms with Gasteiger partial charge in [-0.3, -0.25) is 8.89 Å². The Bertz CT molecular complexity index is 397. The molecule has 5 heteroatoms. The number of nitrogens with zero attached hydrogens (tertiary/aromatic N) is 2. The largest absolute Gasteiger partial charge is 0.327 e. The minimum Gasteiger partial charge on any atom is -0.327 e. The van der Waals surface area contributed by atoms with Crippen LogP contribution in [0.1, 0.15) is 50.8 Å². The summed E-state index contributed by atoms with van der Waals surface area (Å²) in [7, 11) is -0.894. The van der Waals surface area contributed by atoms with Gasteiger partial charge in [0, 0.05) is 28.8 Å². The van der Waals surface area contributed by atoms with Crippen LogP contribution < -0.4 is 5.73 Å². The van der Waals surface area contributed by atoms with E-state index in [9.17, 15) is 4.21 Å². The van der Waals surface area contributed by atoms with Gasteiger partial charge in [0.2, 0.25) is 0 Å². The summed E-state index contributed by atoms with van der Waals surface area (Å²) in [6, 6.07) is 2.54. The smallest absolute Gasteiger partial charge is 0.0749 e. The van der Waals surface area contributed by atoms with Gasteiger partial charge in [0.05, 0.1) is 17.5 Å². The first-order valence-electron chi connectivity index (χ1n) is 6.80. The van der Waals surface area contributed by atoms with Gasteiger partial charge in [-0.2, -0.15) is 5.10 Å². The molecule has 0 saturated heterocycles. The summed E-state index contributed by atoms with van der Waals surface area (Å²) in [5.41, 5.74) is 6.58. The van der Waals surface area contributed by atoms with Crippen LogP contribution in [-0.2, 0) is 16.6 Å². The Morgan fingerprint density at radius 3 is 2.89 bits per heavy atom. The number of rotatable bonds is 5. The highest BCUT2D eigenvalue weighted by Crippen LogP contribution is 2.27. The molecule has 2 rings (SSSR count). The van der Waals surface area contributed by atoms with Crippen LogP contribution in [0.4, 0.5) is 0 Å². The topological polar surface area (TPSA) is 60.9 Å². The van der Waals surface area contributed by atoms with E-state index in [-0.39, 0.29) is 6.04 Å². The fourth-order valence-electron chi connectivity index (χ4n) is 2.52. The number of nitrogens with two attached hydrogens (primary N) is 1. The highest BCUT2D eigenvalue weighted by molar-refractivity contribution is 7.84. The van der Waals surface area contributed by atoms with E-state index in [1.54, 1.807) is 0 Å². The maximum absolute atomic E-state index is 11.8. The molecule has 1 heterocycles. The van der Waals surface area contributed by atoms with Gasteiger partial charge < -0.3 is 5.73 Å². The van der Waals surface area contributed by atoms with E-state index in [1.807, 2.05) is 19.2 Å². The van der Waals surface area contributed by atoms with Crippen LogP contribution in [0.5, 0.6) is 0 Å². The third-order valence-electron chi connectivity index (χ3n) is 3.37. The molecule has 2 N–H and O–H groups in total. The summed E-state index contributed by atoms with van der Waals surface area (Å²) in [4.78, 5) is 0. The molecule has 0 amide bonds. The number of hydrogen-bond acceptors (Lipinski definition) is 3. The second-order valence-corrected chi connectivity index (χ2v) is 6.81. The van der Waals surface area contributed by atoms with E-state index in [2.05, 4.69) is 9.78 Å². The van der Waals surface area contributed by atoms with Gasteiger partial charge in [-0.05, 0) is 25.8 Å². The predicted molar refractivity (Wildman–Crippen MR) is 74.7 cm³/mol. The van der Waals surface area contributed by atoms with Crippen LogP contribution in [0.2, 0.25) is 0 Å². The van der Waals surface area contributed by atoms with Crippen molar-refractivity contribution in [3.8, 4) is 0 Å². The molecule has 2 unspecified atom stereocenters. The fourth-order valence-corrected chi connectivity index (χ4v) is 3.71. The number of aromatic nitrogens is 2. The lowest BCUT2D eigenvalue weighted by Crippen LogP contribution is -2.23. The molecule has 0 bridgehead atoms. The van der Waals surface area contributed by atoms with Gasteiger partial charge in [0.1, 0.15) is 0 Å². The summed E-state index contributed by atoms with van der Waals surface area (Å²) in [5, 5.41) is 4.56. The Morgan fingerprint density at radius 2 is 2.22 bits per heavy atom. The maximum atomic E-state index is 11.8. The summed E-state index contributed by atoms with van der Waals surface area (Å²) < 4.78 is 13.9. The monoisotopic (exact) mass is 269 g/mol. The van der Waals surface area contributed by atoms with Gasteiger partial charge in [0.25, 0.3) is 0 Å². The lowest BCUT2D eigenvalue weighted by Gasteiger charge is -2.21. The van der Waals surface area contributed by atoms with Crippen LogP contribution >= 0.6 is 0 Å². The molecule has 2 atom stereocenters. The fraction of sp³-hybridized carbons (Fsp3) is 0.769. The molecule has 102 valence electrons. The zero-order valence-corrected chi connectivity index (χ0v) is 11.9. The van der Waals surface area contributed by atoms with Crippen LogP contribution in [-0.4, -0.2) is 25.8 Å². The van der Waals surface area contributed by atoms with Crippen molar-refractivity contribution in [1.82, 2.24) is 9.78 Å². The van der Waals surface area contributed by atoms with Crippen molar-refractivity contribution in [3.63, 3.8) is 0 Å². The second-order valence-electron chi connectivity index (χ2n) is 5.31. The van der Waals surface area contributed by atoms with Crippen molar-refractivity contribution in [1.29, 1.82) is 0 Å². The van der Waals surface area contributed by atoms with E-state index >= 15 is 0 Å². The maximum Gasteiger partial charge on any atom is 0.0749 e. The summed E-state index contributed by atoms with van der Waals surface area (Å²) in [6.45, 7) is 1.89. The van der Waals surface area contributed by atoms with E-state index in [1.165, 1.54) is 32.1 Å². The van der Waals surface area contributed by atoms with Crippen molar-refractivity contribution in [2.45, 2.75) is 56.9 Å². The first kappa shape index (κ1) is 13.7. The standard InChI is InChI=1S/C13H23N3OS/c1-11(14)9-18(17)10-12-7-8-16(15-12)13-5-3-2-4-6-13/h7-8,11,13H,2-6,9-10,14H2,1H3. The SMILES string of the molecule is CC(N)CS(=O)Cc1ccn(C2CCCCC2)n1. The minimum absolute atomic E-state index is 0.00809. The Labute approximate surface area is 111 Å². The van der Waals surface area contributed by atoms with E-state index < -0.39 is 10.8 Å². The highest BCUT2D eigenvalue weighted by atomic mass is 32.2. The average molecular weight is 269 g/mol. The summed E-state index contributed by atoms with van der Waals surface area (Å²) in [6.07, 6.45) is 8.44. The molecule has 1 fully saturated rings. The van der Waals surface area contributed by atoms with E-state index in [0.29, 0.717) is 17.5 Å². The van der Waals surface area contributed by atoms with Crippen LogP contribution in [0.3, 0.4) is 0 Å². The molecule has 1 aliphatic carbocycles. The molecule has 0 radical (unpaired) electrons. The van der Waals surface area contributed by atoms with Crippen LogP contribution in [0.15, 0.2) is 12.3 Å². The molecule has 1 aliphatic rings. The van der Waals surface area contributed by atoms with Crippen molar-refractivity contribution in [3.05, 3.63) is 18.0 Å². The normalized spacial score (nSPS) is 20.8. The quantitative estimate of drug-likeness (QED) is 0.889. The summed E-state index contributed by atoms with van der Waals surface area (Å²) in [5.74, 6) is 1.08. The third kappa shape index (κ3) is 3.92. The van der Waals surface area contributed by atoms with Crippen molar-refractivity contribution in [2.75, 3.05) is 5.75 Å². The molecular weight excluding hydrogens is 246 g/mol. The first-order valence-corrected chi connectivity index (χ1v) is 8.28. The van der Waals surface area contributed by atoms with Crippen molar-refractivity contribution < 1.29 is 4.21 Å². The molecule has 1 saturated carbocycles. The molecule has 1 aromatic heterocycles. The molecular formula is C13H23N3OS. The minimum atomic E-state index is -0.894. The summed E-state index contributed by atoms with van der Waals surface area (Å²) >= 11 is 0. The third-order valence-corrected chi connectivity index (χ3v) is 4.89. The lowest BCUT2D eigenvalue weighted by molar-refractivity contribution is 0.328. The second kappa shape index (κ2) is 6.48. The van der Waals surface area contributed by atoms with Crippen LogP contribution in [0, 0.1) is 0 Å². The zero-order chi connectivity index (χ0) is 13.0. The van der Waals surface area contributed by atoms with Crippen molar-refractivity contribution >= 4 is 10.8 Å². The van der Waals surface area contributed by atoms with E-state index in [0.717, 1.165) is 5.69 Å². The molecule has 0 aromatic carbocycles. The first-order chi connectivity index (χ1) is 8.65. The Balaban J connectivity index is 1.91. The highest BCUT2D eigenvalue weighted by Gasteiger charge is 2.16.